The molecule has 0 spiro atoms. The molecule has 0 atom stereocenters. The monoisotopic (exact) mass is 385 g/mol. The number of fused-ring (bicyclic) bond motifs is 1. The molecule has 0 aliphatic rings. The molecule has 2 aromatic heterocycles. The van der Waals surface area contributed by atoms with Gasteiger partial charge >= 0.3 is 0 Å². The molecule has 0 bridgehead atoms. The van der Waals surface area contributed by atoms with Gasteiger partial charge in [-0.05, 0) is 43.5 Å². The molecule has 0 saturated heterocycles. The number of unbranched alkanes of at least 4 members (excludes halogenated alkanes) is 1. The Bertz CT molecular complexity index is 941. The van der Waals surface area contributed by atoms with Gasteiger partial charge in [0.25, 0.3) is 0 Å². The summed E-state index contributed by atoms with van der Waals surface area (Å²) in [5, 5.41) is 16.0. The van der Waals surface area contributed by atoms with Crippen molar-refractivity contribution >= 4 is 16.9 Å². The lowest BCUT2D eigenvalue weighted by atomic mass is 10.1. The zero-order chi connectivity index (χ0) is 19.9. The highest BCUT2D eigenvalue weighted by Crippen LogP contribution is 2.19. The maximum atomic E-state index is 13.3. The third-order valence-electron chi connectivity index (χ3n) is 4.80. The number of nitrogens with one attached hydrogen (secondary N) is 3. The van der Waals surface area contributed by atoms with Gasteiger partial charge in [-0.1, -0.05) is 13.3 Å². The third-order valence-corrected chi connectivity index (χ3v) is 4.80. The van der Waals surface area contributed by atoms with E-state index in [0.717, 1.165) is 66.4 Å². The van der Waals surface area contributed by atoms with Gasteiger partial charge < -0.3 is 20.2 Å². The fourth-order valence-electron chi connectivity index (χ4n) is 2.98. The second kappa shape index (κ2) is 9.34. The number of guanidine groups is 1. The Morgan fingerprint density at radius 1 is 1.25 bits per heavy atom. The predicted molar refractivity (Wildman–Crippen MR) is 110 cm³/mol. The normalized spacial score (nSPS) is 11.9. The van der Waals surface area contributed by atoms with Crippen LogP contribution in [0, 0.1) is 12.7 Å². The average molecular weight is 385 g/mol. The van der Waals surface area contributed by atoms with Gasteiger partial charge in [0.15, 0.2) is 11.8 Å². The Balaban J connectivity index is 1.61. The van der Waals surface area contributed by atoms with Crippen LogP contribution >= 0.6 is 0 Å². The van der Waals surface area contributed by atoms with Crippen molar-refractivity contribution in [3.05, 3.63) is 47.4 Å². The van der Waals surface area contributed by atoms with Crippen molar-refractivity contribution in [1.82, 2.24) is 30.4 Å². The topological polar surface area (TPSA) is 82.9 Å². The second-order valence-corrected chi connectivity index (χ2v) is 6.85. The van der Waals surface area contributed by atoms with Gasteiger partial charge in [0.2, 0.25) is 0 Å². The van der Waals surface area contributed by atoms with Crippen molar-refractivity contribution in [2.75, 3.05) is 13.1 Å². The van der Waals surface area contributed by atoms with Gasteiger partial charge in [0.1, 0.15) is 18.2 Å². The average Bonchev–Trinajstić information content (AvgIpc) is 3.23. The number of hydrogen-bond donors (Lipinski definition) is 3. The largest absolute Gasteiger partial charge is 0.361 e. The van der Waals surface area contributed by atoms with E-state index in [9.17, 15) is 4.39 Å². The smallest absolute Gasteiger partial charge is 0.191 e. The number of benzene rings is 1. The van der Waals surface area contributed by atoms with Crippen LogP contribution in [0.4, 0.5) is 4.39 Å². The molecule has 0 radical (unpaired) electrons. The van der Waals surface area contributed by atoms with Gasteiger partial charge in [-0.2, -0.15) is 0 Å². The first-order chi connectivity index (χ1) is 13.6. The van der Waals surface area contributed by atoms with E-state index in [-0.39, 0.29) is 5.82 Å². The molecule has 8 heteroatoms. The first kappa shape index (κ1) is 19.9. The van der Waals surface area contributed by atoms with Crippen molar-refractivity contribution in [1.29, 1.82) is 0 Å². The van der Waals surface area contributed by atoms with Crippen LogP contribution in [0.25, 0.3) is 10.9 Å². The molecule has 0 unspecified atom stereocenters. The lowest BCUT2D eigenvalue weighted by Gasteiger charge is -2.12. The molecule has 7 nitrogen and oxygen atoms in total. The summed E-state index contributed by atoms with van der Waals surface area (Å²) in [6.45, 7) is 6.14. The molecule has 0 aliphatic heterocycles. The summed E-state index contributed by atoms with van der Waals surface area (Å²) >= 11 is 0. The Kier molecular flexibility index (Phi) is 6.62. The van der Waals surface area contributed by atoms with Gasteiger partial charge in [-0.25, -0.2) is 9.38 Å². The zero-order valence-electron chi connectivity index (χ0n) is 16.7. The zero-order valence-corrected chi connectivity index (χ0v) is 16.7. The van der Waals surface area contributed by atoms with E-state index in [1.807, 2.05) is 30.8 Å². The van der Waals surface area contributed by atoms with Crippen molar-refractivity contribution in [2.24, 2.45) is 12.0 Å². The molecule has 2 heterocycles. The van der Waals surface area contributed by atoms with Crippen LogP contribution < -0.4 is 10.6 Å². The van der Waals surface area contributed by atoms with Crippen LogP contribution in [0.1, 0.15) is 37.0 Å². The minimum absolute atomic E-state index is 0.229. The van der Waals surface area contributed by atoms with Crippen LogP contribution in [0.5, 0.6) is 0 Å². The SMILES string of the molecule is CCCCNC(=NCc1nnc(C)n1C)NCCc1c[nH]c2cc(F)ccc12. The van der Waals surface area contributed by atoms with E-state index in [1.54, 1.807) is 0 Å². The summed E-state index contributed by atoms with van der Waals surface area (Å²) in [4.78, 5) is 7.78. The molecular weight excluding hydrogens is 357 g/mol. The third kappa shape index (κ3) is 4.88. The number of aromatic nitrogens is 4. The number of aryl methyl sites for hydroxylation is 1. The van der Waals surface area contributed by atoms with Gasteiger partial charge in [0.05, 0.1) is 0 Å². The maximum Gasteiger partial charge on any atom is 0.191 e. The first-order valence-corrected chi connectivity index (χ1v) is 9.71. The molecule has 3 aromatic rings. The highest BCUT2D eigenvalue weighted by atomic mass is 19.1. The summed E-state index contributed by atoms with van der Waals surface area (Å²) in [7, 11) is 1.94. The Labute approximate surface area is 164 Å². The van der Waals surface area contributed by atoms with Gasteiger partial charge in [-0.3, -0.25) is 0 Å². The fourth-order valence-corrected chi connectivity index (χ4v) is 2.98. The van der Waals surface area contributed by atoms with E-state index in [1.165, 1.54) is 12.1 Å². The standard InChI is InChI=1S/C20H28FN7/c1-4-5-9-22-20(25-13-19-27-26-14(2)28(19)3)23-10-8-15-12-24-18-11-16(21)6-7-17(15)18/h6-7,11-12,24H,4-5,8-10,13H2,1-3H3,(H2,22,23,25). The van der Waals surface area contributed by atoms with Crippen LogP contribution in [-0.4, -0.2) is 38.8 Å². The van der Waals surface area contributed by atoms with Crippen molar-refractivity contribution in [3.63, 3.8) is 0 Å². The number of nitrogens with zero attached hydrogens (tertiary/aromatic N) is 4. The second-order valence-electron chi connectivity index (χ2n) is 6.85. The summed E-state index contributed by atoms with van der Waals surface area (Å²) in [5.74, 6) is 2.23. The minimum atomic E-state index is -0.229. The number of aliphatic imine (C=N–C) groups is 1. The van der Waals surface area contributed by atoms with Crippen LogP contribution in [-0.2, 0) is 20.0 Å². The Hall–Kier alpha value is -2.90. The number of aromatic amines is 1. The lowest BCUT2D eigenvalue weighted by Crippen LogP contribution is -2.39. The van der Waals surface area contributed by atoms with E-state index in [0.29, 0.717) is 6.54 Å². The molecule has 0 aliphatic carbocycles. The maximum absolute atomic E-state index is 13.3. The van der Waals surface area contributed by atoms with Crippen molar-refractivity contribution < 1.29 is 4.39 Å². The number of hydrogen-bond acceptors (Lipinski definition) is 3. The van der Waals surface area contributed by atoms with Crippen LogP contribution in [0.15, 0.2) is 29.4 Å². The molecule has 0 saturated carbocycles. The van der Waals surface area contributed by atoms with Gasteiger partial charge in [0, 0.05) is 37.2 Å². The number of halogens is 1. The molecule has 0 fully saturated rings. The van der Waals surface area contributed by atoms with E-state index in [4.69, 9.17) is 0 Å². The van der Waals surface area contributed by atoms with E-state index >= 15 is 0 Å². The van der Waals surface area contributed by atoms with E-state index < -0.39 is 0 Å². The highest BCUT2D eigenvalue weighted by molar-refractivity contribution is 5.83. The summed E-state index contributed by atoms with van der Waals surface area (Å²) in [6.07, 6.45) is 4.95. The Morgan fingerprint density at radius 3 is 2.82 bits per heavy atom. The molecule has 150 valence electrons. The highest BCUT2D eigenvalue weighted by Gasteiger charge is 2.07. The van der Waals surface area contributed by atoms with Crippen LogP contribution in [0.3, 0.4) is 0 Å². The number of H-pyrrole nitrogens is 1. The molecule has 0 amide bonds. The van der Waals surface area contributed by atoms with Crippen molar-refractivity contribution in [3.8, 4) is 0 Å². The summed E-state index contributed by atoms with van der Waals surface area (Å²) in [6, 6.07) is 4.84. The van der Waals surface area contributed by atoms with Crippen LogP contribution in [0.2, 0.25) is 0 Å². The molecule has 1 aromatic carbocycles. The van der Waals surface area contributed by atoms with E-state index in [2.05, 4.69) is 37.7 Å². The molecular formula is C20H28FN7. The first-order valence-electron chi connectivity index (χ1n) is 9.71. The molecule has 28 heavy (non-hydrogen) atoms. The summed E-state index contributed by atoms with van der Waals surface area (Å²) in [5.41, 5.74) is 1.97. The van der Waals surface area contributed by atoms with Crippen molar-refractivity contribution in [2.45, 2.75) is 39.7 Å². The Morgan fingerprint density at radius 2 is 2.07 bits per heavy atom. The summed E-state index contributed by atoms with van der Waals surface area (Å²) < 4.78 is 15.3. The quantitative estimate of drug-likeness (QED) is 0.316. The molecule has 3 N–H and O–H groups in total. The lowest BCUT2D eigenvalue weighted by molar-refractivity contribution is 0.629. The minimum Gasteiger partial charge on any atom is -0.361 e. The predicted octanol–water partition coefficient (Wildman–Crippen LogP) is 2.82. The molecule has 3 rings (SSSR count). The van der Waals surface area contributed by atoms with Gasteiger partial charge in [-0.15, -0.1) is 10.2 Å². The number of rotatable bonds is 8. The fraction of sp³-hybridized carbons (Fsp3) is 0.450.